The summed E-state index contributed by atoms with van der Waals surface area (Å²) in [4.78, 5) is 13.1. The van der Waals surface area contributed by atoms with Crippen LogP contribution < -0.4 is 20.7 Å². The van der Waals surface area contributed by atoms with E-state index in [1.807, 2.05) is 32.2 Å². The molecule has 0 atom stereocenters. The Labute approximate surface area is 102 Å². The highest BCUT2D eigenvalue weighted by atomic mass is 16.5. The van der Waals surface area contributed by atoms with Crippen molar-refractivity contribution in [2.45, 2.75) is 6.92 Å². The summed E-state index contributed by atoms with van der Waals surface area (Å²) in [6.45, 7) is 2.73. The maximum absolute atomic E-state index is 11.3. The van der Waals surface area contributed by atoms with E-state index in [4.69, 9.17) is 10.5 Å². The number of para-hydroxylation sites is 1. The molecule has 0 saturated heterocycles. The number of carbonyl (C=O) groups is 1. The Morgan fingerprint density at radius 3 is 2.82 bits per heavy atom. The molecule has 1 aromatic rings. The Hall–Kier alpha value is -1.91. The summed E-state index contributed by atoms with van der Waals surface area (Å²) < 4.78 is 5.41. The zero-order valence-electron chi connectivity index (χ0n) is 10.5. The van der Waals surface area contributed by atoms with Gasteiger partial charge in [-0.2, -0.15) is 0 Å². The fourth-order valence-corrected chi connectivity index (χ4v) is 1.53. The van der Waals surface area contributed by atoms with E-state index in [0.29, 0.717) is 18.0 Å². The van der Waals surface area contributed by atoms with Crippen LogP contribution in [0, 0.1) is 0 Å². The number of carbonyl (C=O) groups excluding carboxylic acids is 1. The van der Waals surface area contributed by atoms with Gasteiger partial charge >= 0.3 is 0 Å². The lowest BCUT2D eigenvalue weighted by molar-refractivity contribution is -0.119. The van der Waals surface area contributed by atoms with E-state index in [0.717, 1.165) is 5.69 Å². The molecule has 0 aliphatic rings. The normalized spacial score (nSPS) is 9.82. The number of anilines is 2. The van der Waals surface area contributed by atoms with E-state index in [9.17, 15) is 4.79 Å². The molecule has 5 nitrogen and oxygen atoms in total. The molecule has 5 heteroatoms. The van der Waals surface area contributed by atoms with Crippen molar-refractivity contribution in [3.05, 3.63) is 18.2 Å². The van der Waals surface area contributed by atoms with Crippen LogP contribution in [0.2, 0.25) is 0 Å². The van der Waals surface area contributed by atoms with E-state index in [1.54, 1.807) is 11.9 Å². The number of nitrogen functional groups attached to an aromatic ring is 1. The third-order valence-electron chi connectivity index (χ3n) is 2.41. The Kier molecular flexibility index (Phi) is 4.63. The molecular formula is C12H19N3O2. The minimum absolute atomic E-state index is 0.0614. The van der Waals surface area contributed by atoms with Gasteiger partial charge in [0.05, 0.1) is 24.5 Å². The highest BCUT2D eigenvalue weighted by Crippen LogP contribution is 2.31. The number of benzene rings is 1. The van der Waals surface area contributed by atoms with Crippen molar-refractivity contribution >= 4 is 17.3 Å². The third kappa shape index (κ3) is 3.27. The van der Waals surface area contributed by atoms with Crippen molar-refractivity contribution in [2.24, 2.45) is 0 Å². The molecule has 17 heavy (non-hydrogen) atoms. The lowest BCUT2D eigenvalue weighted by atomic mass is 10.2. The molecular weight excluding hydrogens is 218 g/mol. The Balaban J connectivity index is 2.89. The van der Waals surface area contributed by atoms with Crippen LogP contribution >= 0.6 is 0 Å². The van der Waals surface area contributed by atoms with Crippen LogP contribution in [0.5, 0.6) is 5.75 Å². The molecule has 0 unspecified atom stereocenters. The molecule has 0 aromatic heterocycles. The first kappa shape index (κ1) is 13.2. The van der Waals surface area contributed by atoms with Crippen LogP contribution in [-0.2, 0) is 4.79 Å². The minimum Gasteiger partial charge on any atom is -0.492 e. The van der Waals surface area contributed by atoms with E-state index in [1.165, 1.54) is 0 Å². The van der Waals surface area contributed by atoms with Crippen LogP contribution in [-0.4, -0.2) is 33.2 Å². The Morgan fingerprint density at radius 1 is 1.53 bits per heavy atom. The SMILES string of the molecule is CCOc1cccc(N(C)CC(=O)NC)c1N. The predicted molar refractivity (Wildman–Crippen MR) is 69.4 cm³/mol. The van der Waals surface area contributed by atoms with Gasteiger partial charge in [0.1, 0.15) is 5.75 Å². The van der Waals surface area contributed by atoms with E-state index >= 15 is 0 Å². The Bertz CT molecular complexity index is 393. The van der Waals surface area contributed by atoms with Crippen molar-refractivity contribution < 1.29 is 9.53 Å². The smallest absolute Gasteiger partial charge is 0.239 e. The number of nitrogens with zero attached hydrogens (tertiary/aromatic N) is 1. The molecule has 0 heterocycles. The summed E-state index contributed by atoms with van der Waals surface area (Å²) >= 11 is 0. The molecule has 0 fully saturated rings. The molecule has 3 N–H and O–H groups in total. The fourth-order valence-electron chi connectivity index (χ4n) is 1.53. The van der Waals surface area contributed by atoms with Crippen LogP contribution in [0.1, 0.15) is 6.92 Å². The lowest BCUT2D eigenvalue weighted by Gasteiger charge is -2.21. The van der Waals surface area contributed by atoms with Crippen LogP contribution in [0.25, 0.3) is 0 Å². The van der Waals surface area contributed by atoms with Crippen molar-refractivity contribution in [2.75, 3.05) is 37.9 Å². The summed E-state index contributed by atoms with van der Waals surface area (Å²) in [7, 11) is 3.42. The van der Waals surface area contributed by atoms with Gasteiger partial charge in [-0.1, -0.05) is 6.07 Å². The number of amides is 1. The number of rotatable bonds is 5. The zero-order valence-corrected chi connectivity index (χ0v) is 10.5. The number of likely N-dealkylation sites (N-methyl/N-ethyl adjacent to an activating group) is 2. The van der Waals surface area contributed by atoms with Gasteiger partial charge < -0.3 is 20.7 Å². The summed E-state index contributed by atoms with van der Waals surface area (Å²) in [5.41, 5.74) is 7.34. The fraction of sp³-hybridized carbons (Fsp3) is 0.417. The standard InChI is InChI=1S/C12H19N3O2/c1-4-17-10-7-5-6-9(12(10)13)15(3)8-11(16)14-2/h5-7H,4,8,13H2,1-3H3,(H,14,16). The van der Waals surface area contributed by atoms with Crippen LogP contribution in [0.15, 0.2) is 18.2 Å². The second-order valence-corrected chi connectivity index (χ2v) is 3.65. The zero-order chi connectivity index (χ0) is 12.8. The highest BCUT2D eigenvalue weighted by molar-refractivity contribution is 5.83. The van der Waals surface area contributed by atoms with Gasteiger partial charge in [0.15, 0.2) is 0 Å². The summed E-state index contributed by atoms with van der Waals surface area (Å²) in [6.07, 6.45) is 0. The molecule has 0 aliphatic heterocycles. The molecule has 94 valence electrons. The second kappa shape index (κ2) is 5.98. The van der Waals surface area contributed by atoms with Gasteiger partial charge in [-0.3, -0.25) is 4.79 Å². The molecule has 1 amide bonds. The highest BCUT2D eigenvalue weighted by Gasteiger charge is 2.11. The number of nitrogens with one attached hydrogen (secondary N) is 1. The second-order valence-electron chi connectivity index (χ2n) is 3.65. The monoisotopic (exact) mass is 237 g/mol. The molecule has 0 bridgehead atoms. The van der Waals surface area contributed by atoms with Crippen molar-refractivity contribution in [1.29, 1.82) is 0 Å². The molecule has 1 aromatic carbocycles. The van der Waals surface area contributed by atoms with E-state index in [-0.39, 0.29) is 12.5 Å². The average molecular weight is 237 g/mol. The minimum atomic E-state index is -0.0614. The number of hydrogen-bond donors (Lipinski definition) is 2. The average Bonchev–Trinajstić information content (AvgIpc) is 2.31. The van der Waals surface area contributed by atoms with Gasteiger partial charge in [-0.05, 0) is 19.1 Å². The lowest BCUT2D eigenvalue weighted by Crippen LogP contribution is -2.33. The first-order valence-corrected chi connectivity index (χ1v) is 5.53. The molecule has 0 radical (unpaired) electrons. The Morgan fingerprint density at radius 2 is 2.24 bits per heavy atom. The van der Waals surface area contributed by atoms with Crippen molar-refractivity contribution in [3.63, 3.8) is 0 Å². The summed E-state index contributed by atoms with van der Waals surface area (Å²) in [6, 6.07) is 5.54. The molecule has 1 rings (SSSR count). The van der Waals surface area contributed by atoms with Crippen molar-refractivity contribution in [3.8, 4) is 5.75 Å². The molecule has 0 spiro atoms. The molecule has 0 saturated carbocycles. The molecule has 0 aliphatic carbocycles. The van der Waals surface area contributed by atoms with E-state index in [2.05, 4.69) is 5.32 Å². The first-order valence-electron chi connectivity index (χ1n) is 5.53. The van der Waals surface area contributed by atoms with Crippen LogP contribution in [0.4, 0.5) is 11.4 Å². The third-order valence-corrected chi connectivity index (χ3v) is 2.41. The van der Waals surface area contributed by atoms with Crippen LogP contribution in [0.3, 0.4) is 0 Å². The topological polar surface area (TPSA) is 67.6 Å². The number of nitrogens with two attached hydrogens (primary N) is 1. The quantitative estimate of drug-likeness (QED) is 0.745. The van der Waals surface area contributed by atoms with Gasteiger partial charge in [-0.25, -0.2) is 0 Å². The van der Waals surface area contributed by atoms with E-state index < -0.39 is 0 Å². The van der Waals surface area contributed by atoms with Gasteiger partial charge in [0.25, 0.3) is 0 Å². The largest absolute Gasteiger partial charge is 0.492 e. The predicted octanol–water partition coefficient (Wildman–Crippen LogP) is 0.850. The van der Waals surface area contributed by atoms with Gasteiger partial charge in [0, 0.05) is 14.1 Å². The first-order chi connectivity index (χ1) is 8.10. The number of hydrogen-bond acceptors (Lipinski definition) is 4. The maximum Gasteiger partial charge on any atom is 0.239 e. The van der Waals surface area contributed by atoms with Gasteiger partial charge in [0.2, 0.25) is 5.91 Å². The summed E-state index contributed by atoms with van der Waals surface area (Å²) in [5.74, 6) is 0.586. The summed E-state index contributed by atoms with van der Waals surface area (Å²) in [5, 5.41) is 2.57. The van der Waals surface area contributed by atoms with Gasteiger partial charge in [-0.15, -0.1) is 0 Å². The number of ether oxygens (including phenoxy) is 1. The van der Waals surface area contributed by atoms with Crippen molar-refractivity contribution in [1.82, 2.24) is 5.32 Å². The maximum atomic E-state index is 11.3.